The second-order valence-electron chi connectivity index (χ2n) is 7.88. The first-order valence-corrected chi connectivity index (χ1v) is 12.9. The van der Waals surface area contributed by atoms with E-state index in [0.29, 0.717) is 35.1 Å². The molecule has 0 amide bonds. The molecule has 0 fully saturated rings. The van der Waals surface area contributed by atoms with Gasteiger partial charge in [-0.1, -0.05) is 33.8 Å². The predicted molar refractivity (Wildman–Crippen MR) is 115 cm³/mol. The lowest BCUT2D eigenvalue weighted by Crippen LogP contribution is -2.21. The minimum absolute atomic E-state index is 0.0118. The zero-order valence-electron chi connectivity index (χ0n) is 17.4. The fourth-order valence-electron chi connectivity index (χ4n) is 4.00. The van der Waals surface area contributed by atoms with Crippen molar-refractivity contribution < 1.29 is 21.6 Å². The third-order valence-corrected chi connectivity index (χ3v) is 7.90. The zero-order valence-corrected chi connectivity index (χ0v) is 19.0. The molecule has 2 atom stereocenters. The van der Waals surface area contributed by atoms with E-state index in [0.717, 1.165) is 0 Å². The van der Waals surface area contributed by atoms with Gasteiger partial charge in [-0.25, -0.2) is 27.1 Å². The third-order valence-electron chi connectivity index (χ3n) is 5.96. The Morgan fingerprint density at radius 3 is 1.93 bits per heavy atom. The number of carbonyl (C=O) groups is 1. The molecule has 0 aliphatic heterocycles. The first kappa shape index (κ1) is 22.6. The van der Waals surface area contributed by atoms with Gasteiger partial charge < -0.3 is 0 Å². The quantitative estimate of drug-likeness (QED) is 0.594. The van der Waals surface area contributed by atoms with E-state index in [1.54, 1.807) is 12.1 Å². The number of fused-ring (bicyclic) bond motifs is 3. The van der Waals surface area contributed by atoms with Crippen molar-refractivity contribution in [1.82, 2.24) is 0 Å². The number of nitrogens with two attached hydrogens (primary N) is 2. The lowest BCUT2D eigenvalue weighted by molar-refractivity contribution is 0.104. The minimum Gasteiger partial charge on any atom is -0.289 e. The second-order valence-corrected chi connectivity index (χ2v) is 10.9. The highest BCUT2D eigenvalue weighted by molar-refractivity contribution is 7.89. The summed E-state index contributed by atoms with van der Waals surface area (Å²) in [5.41, 5.74) is 2.63. The molecule has 7 nitrogen and oxygen atoms in total. The standard InChI is InChI=1S/C21H26N2O5S2/c1-5-11(3)15-10-16-14-8-7-13(29(22,25)26)9-17(14)20(24)19(16)18(12(4)6-2)21(15)30(23,27)28/h7-12H,5-6H2,1-4H3,(H2,22,25,26)(H2,23,27,28). The number of sulfonamides is 2. The summed E-state index contributed by atoms with van der Waals surface area (Å²) < 4.78 is 48.8. The highest BCUT2D eigenvalue weighted by atomic mass is 32.2. The normalized spacial score (nSPS) is 15.6. The van der Waals surface area contributed by atoms with Crippen LogP contribution in [0.4, 0.5) is 0 Å². The fourth-order valence-corrected chi connectivity index (χ4v) is 5.74. The topological polar surface area (TPSA) is 137 Å². The van der Waals surface area contributed by atoms with Crippen molar-refractivity contribution >= 4 is 25.8 Å². The average Bonchev–Trinajstić information content (AvgIpc) is 2.95. The Bertz CT molecular complexity index is 1260. The molecule has 2 aromatic rings. The Labute approximate surface area is 177 Å². The zero-order chi connectivity index (χ0) is 22.6. The molecule has 0 aromatic heterocycles. The molecule has 3 rings (SSSR count). The van der Waals surface area contributed by atoms with Crippen LogP contribution in [0.25, 0.3) is 11.1 Å². The molecule has 2 unspecified atom stereocenters. The Hall–Kier alpha value is -2.07. The van der Waals surface area contributed by atoms with E-state index < -0.39 is 25.8 Å². The van der Waals surface area contributed by atoms with Crippen molar-refractivity contribution in [3.8, 4) is 11.1 Å². The van der Waals surface area contributed by atoms with Crippen LogP contribution >= 0.6 is 0 Å². The Balaban J connectivity index is 2.48. The number of benzene rings is 2. The molecule has 4 N–H and O–H groups in total. The summed E-state index contributed by atoms with van der Waals surface area (Å²) in [6.45, 7) is 7.63. The van der Waals surface area contributed by atoms with Crippen LogP contribution < -0.4 is 10.3 Å². The lowest BCUT2D eigenvalue weighted by atomic mass is 9.85. The predicted octanol–water partition coefficient (Wildman–Crippen LogP) is 3.22. The fraction of sp³-hybridized carbons (Fsp3) is 0.381. The number of hydrogen-bond donors (Lipinski definition) is 2. The Morgan fingerprint density at radius 2 is 1.43 bits per heavy atom. The molecule has 0 saturated heterocycles. The molecule has 0 heterocycles. The monoisotopic (exact) mass is 450 g/mol. The van der Waals surface area contributed by atoms with Crippen LogP contribution in [0.1, 0.15) is 79.4 Å². The molecule has 162 valence electrons. The lowest BCUT2D eigenvalue weighted by Gasteiger charge is -2.23. The number of primary sulfonamides is 2. The SMILES string of the molecule is CCC(C)c1cc2c(c(C(C)CC)c1S(N)(=O)=O)C(=O)c1cc(S(N)(=O)=O)ccc1-2. The highest BCUT2D eigenvalue weighted by Crippen LogP contribution is 2.46. The van der Waals surface area contributed by atoms with Crippen molar-refractivity contribution in [3.05, 3.63) is 46.5 Å². The largest absolute Gasteiger partial charge is 0.289 e. The van der Waals surface area contributed by atoms with Crippen molar-refractivity contribution in [2.24, 2.45) is 10.3 Å². The number of ketones is 1. The van der Waals surface area contributed by atoms with Crippen LogP contribution in [0.2, 0.25) is 0 Å². The average molecular weight is 451 g/mol. The summed E-state index contributed by atoms with van der Waals surface area (Å²) >= 11 is 0. The van der Waals surface area contributed by atoms with Crippen LogP contribution in [0.5, 0.6) is 0 Å². The molecular weight excluding hydrogens is 424 g/mol. The van der Waals surface area contributed by atoms with Gasteiger partial charge in [0.05, 0.1) is 9.79 Å². The second kappa shape index (κ2) is 7.56. The third kappa shape index (κ3) is 3.60. The summed E-state index contributed by atoms with van der Waals surface area (Å²) in [5, 5.41) is 10.9. The van der Waals surface area contributed by atoms with Gasteiger partial charge in [-0.05, 0) is 65.1 Å². The van der Waals surface area contributed by atoms with Crippen LogP contribution in [0, 0.1) is 0 Å². The Morgan fingerprint density at radius 1 is 0.833 bits per heavy atom. The highest BCUT2D eigenvalue weighted by Gasteiger charge is 2.37. The molecule has 0 saturated carbocycles. The van der Waals surface area contributed by atoms with Gasteiger partial charge in [0.2, 0.25) is 20.0 Å². The van der Waals surface area contributed by atoms with E-state index in [4.69, 9.17) is 10.3 Å². The smallest absolute Gasteiger partial charge is 0.238 e. The maximum atomic E-state index is 13.4. The van der Waals surface area contributed by atoms with Crippen LogP contribution in [-0.2, 0) is 20.0 Å². The molecule has 30 heavy (non-hydrogen) atoms. The van der Waals surface area contributed by atoms with Crippen molar-refractivity contribution in [3.63, 3.8) is 0 Å². The van der Waals surface area contributed by atoms with E-state index in [1.807, 2.05) is 27.7 Å². The van der Waals surface area contributed by atoms with Gasteiger partial charge in [-0.2, -0.15) is 0 Å². The maximum absolute atomic E-state index is 13.4. The minimum atomic E-state index is -4.11. The number of rotatable bonds is 6. The van der Waals surface area contributed by atoms with Gasteiger partial charge in [0.15, 0.2) is 5.78 Å². The summed E-state index contributed by atoms with van der Waals surface area (Å²) in [6.07, 6.45) is 1.29. The maximum Gasteiger partial charge on any atom is 0.238 e. The van der Waals surface area contributed by atoms with E-state index in [-0.39, 0.29) is 32.8 Å². The molecule has 1 aliphatic carbocycles. The van der Waals surface area contributed by atoms with Gasteiger partial charge in [0.25, 0.3) is 0 Å². The van der Waals surface area contributed by atoms with Gasteiger partial charge in [0, 0.05) is 11.1 Å². The van der Waals surface area contributed by atoms with E-state index in [9.17, 15) is 21.6 Å². The molecule has 2 aromatic carbocycles. The molecular formula is C21H26N2O5S2. The molecule has 1 aliphatic rings. The van der Waals surface area contributed by atoms with Crippen LogP contribution in [-0.4, -0.2) is 22.6 Å². The van der Waals surface area contributed by atoms with Gasteiger partial charge in [0.1, 0.15) is 0 Å². The van der Waals surface area contributed by atoms with Gasteiger partial charge >= 0.3 is 0 Å². The summed E-state index contributed by atoms with van der Waals surface area (Å²) in [6, 6.07) is 5.88. The first-order valence-electron chi connectivity index (χ1n) is 9.78. The number of hydrogen-bond acceptors (Lipinski definition) is 5. The number of carbonyl (C=O) groups excluding carboxylic acids is 1. The van der Waals surface area contributed by atoms with E-state index >= 15 is 0 Å². The summed E-state index contributed by atoms with van der Waals surface area (Å²) in [7, 11) is -8.10. The molecule has 0 bridgehead atoms. The summed E-state index contributed by atoms with van der Waals surface area (Å²) in [5.74, 6) is -0.761. The van der Waals surface area contributed by atoms with Crippen LogP contribution in [0.3, 0.4) is 0 Å². The van der Waals surface area contributed by atoms with E-state index in [2.05, 4.69) is 0 Å². The Kier molecular flexibility index (Phi) is 5.70. The first-order chi connectivity index (χ1) is 13.8. The summed E-state index contributed by atoms with van der Waals surface area (Å²) in [4.78, 5) is 13.2. The van der Waals surface area contributed by atoms with Crippen molar-refractivity contribution in [1.29, 1.82) is 0 Å². The molecule has 0 radical (unpaired) electrons. The van der Waals surface area contributed by atoms with Crippen LogP contribution in [0.15, 0.2) is 34.1 Å². The molecule has 0 spiro atoms. The van der Waals surface area contributed by atoms with Crippen molar-refractivity contribution in [2.45, 2.75) is 62.2 Å². The van der Waals surface area contributed by atoms with Crippen molar-refractivity contribution in [2.75, 3.05) is 0 Å². The van der Waals surface area contributed by atoms with Gasteiger partial charge in [-0.15, -0.1) is 0 Å². The van der Waals surface area contributed by atoms with Gasteiger partial charge in [-0.3, -0.25) is 4.79 Å². The van der Waals surface area contributed by atoms with E-state index in [1.165, 1.54) is 12.1 Å². The molecule has 9 heteroatoms.